The fraction of sp³-hybridized carbons (Fsp3) is 0.0667. The number of aromatic nitrogens is 1. The number of halogens is 1. The minimum atomic E-state index is 0.223. The maximum Gasteiger partial charge on any atom is 0.231 e. The number of rotatable bonds is 2. The number of nitriles is 1. The number of benzene rings is 1. The average molecular weight is 329 g/mol. The molecular formula is C15H9BrN2O2. The summed E-state index contributed by atoms with van der Waals surface area (Å²) in [5.74, 6) is 1.38. The van der Waals surface area contributed by atoms with E-state index >= 15 is 0 Å². The Bertz CT molecular complexity index is 721. The molecule has 0 unspecified atom stereocenters. The molecule has 0 spiro atoms. The van der Waals surface area contributed by atoms with Gasteiger partial charge in [0.2, 0.25) is 6.79 Å². The second-order valence-corrected chi connectivity index (χ2v) is 4.97. The van der Waals surface area contributed by atoms with Gasteiger partial charge in [-0.15, -0.1) is 0 Å². The van der Waals surface area contributed by atoms with Gasteiger partial charge in [-0.2, -0.15) is 5.26 Å². The van der Waals surface area contributed by atoms with Crippen molar-refractivity contribution in [3.05, 3.63) is 52.3 Å². The van der Waals surface area contributed by atoms with Gasteiger partial charge in [0.15, 0.2) is 11.5 Å². The van der Waals surface area contributed by atoms with Crippen molar-refractivity contribution in [2.75, 3.05) is 6.79 Å². The van der Waals surface area contributed by atoms with Crippen molar-refractivity contribution < 1.29 is 9.47 Å². The Morgan fingerprint density at radius 2 is 2.10 bits per heavy atom. The van der Waals surface area contributed by atoms with Crippen molar-refractivity contribution in [3.63, 3.8) is 0 Å². The van der Waals surface area contributed by atoms with Gasteiger partial charge in [-0.05, 0) is 35.9 Å². The summed E-state index contributed by atoms with van der Waals surface area (Å²) in [5, 5.41) is 9.30. The monoisotopic (exact) mass is 328 g/mol. The second kappa shape index (κ2) is 5.35. The average Bonchev–Trinajstić information content (AvgIpc) is 2.92. The highest BCUT2D eigenvalue weighted by Crippen LogP contribution is 2.38. The van der Waals surface area contributed by atoms with E-state index in [9.17, 15) is 5.26 Å². The van der Waals surface area contributed by atoms with Crippen LogP contribution in [0.2, 0.25) is 0 Å². The predicted molar refractivity (Wildman–Crippen MR) is 78.0 cm³/mol. The van der Waals surface area contributed by atoms with E-state index in [2.05, 4.69) is 27.0 Å². The van der Waals surface area contributed by atoms with Crippen LogP contribution < -0.4 is 9.47 Å². The van der Waals surface area contributed by atoms with Crippen molar-refractivity contribution in [2.45, 2.75) is 0 Å². The van der Waals surface area contributed by atoms with Gasteiger partial charge in [-0.1, -0.05) is 22.0 Å². The summed E-state index contributed by atoms with van der Waals surface area (Å²) in [6, 6.07) is 11.3. The lowest BCUT2D eigenvalue weighted by molar-refractivity contribution is 0.174. The number of ether oxygens (including phenoxy) is 2. The maximum absolute atomic E-state index is 9.30. The van der Waals surface area contributed by atoms with Crippen LogP contribution in [-0.4, -0.2) is 11.8 Å². The minimum absolute atomic E-state index is 0.223. The molecule has 1 aromatic heterocycles. The van der Waals surface area contributed by atoms with Gasteiger partial charge >= 0.3 is 0 Å². The highest BCUT2D eigenvalue weighted by molar-refractivity contribution is 9.10. The van der Waals surface area contributed by atoms with Crippen LogP contribution in [0.3, 0.4) is 0 Å². The molecule has 0 saturated carbocycles. The zero-order valence-electron chi connectivity index (χ0n) is 10.3. The topological polar surface area (TPSA) is 55.1 Å². The summed E-state index contributed by atoms with van der Waals surface area (Å²) in [5.41, 5.74) is 1.97. The number of fused-ring (bicyclic) bond motifs is 1. The van der Waals surface area contributed by atoms with E-state index in [1.165, 1.54) is 0 Å². The molecule has 0 bridgehead atoms. The van der Waals surface area contributed by atoms with Gasteiger partial charge in [0.1, 0.15) is 6.07 Å². The summed E-state index contributed by atoms with van der Waals surface area (Å²) >= 11 is 3.47. The van der Waals surface area contributed by atoms with Crippen LogP contribution in [0.1, 0.15) is 11.3 Å². The Labute approximate surface area is 124 Å². The molecule has 3 rings (SSSR count). The Hall–Kier alpha value is -2.32. The van der Waals surface area contributed by atoms with Crippen molar-refractivity contribution >= 4 is 27.6 Å². The van der Waals surface area contributed by atoms with Gasteiger partial charge in [0.05, 0.1) is 11.3 Å². The van der Waals surface area contributed by atoms with Crippen LogP contribution in [0.15, 0.2) is 41.0 Å². The molecule has 98 valence electrons. The summed E-state index contributed by atoms with van der Waals surface area (Å²) in [6.45, 7) is 0.223. The van der Waals surface area contributed by atoms with E-state index in [1.807, 2.05) is 24.3 Å². The molecule has 20 heavy (non-hydrogen) atoms. The van der Waals surface area contributed by atoms with E-state index < -0.39 is 0 Å². The number of pyridine rings is 1. The molecule has 0 saturated heterocycles. The molecule has 1 aromatic carbocycles. The third-order valence-electron chi connectivity index (χ3n) is 2.85. The number of nitrogens with zero attached hydrogens (tertiary/aromatic N) is 2. The molecule has 1 aliphatic rings. The molecule has 0 atom stereocenters. The number of hydrogen-bond donors (Lipinski definition) is 0. The first-order valence-electron chi connectivity index (χ1n) is 5.90. The Balaban J connectivity index is 2.05. The smallest absolute Gasteiger partial charge is 0.231 e. The lowest BCUT2D eigenvalue weighted by Gasteiger charge is -2.03. The zero-order valence-corrected chi connectivity index (χ0v) is 11.9. The second-order valence-electron chi connectivity index (χ2n) is 4.11. The lowest BCUT2D eigenvalue weighted by Crippen LogP contribution is -1.92. The summed E-state index contributed by atoms with van der Waals surface area (Å²) in [6.07, 6.45) is 3.43. The van der Waals surface area contributed by atoms with Gasteiger partial charge in [-0.25, -0.2) is 0 Å². The van der Waals surface area contributed by atoms with E-state index in [1.54, 1.807) is 18.3 Å². The fourth-order valence-corrected chi connectivity index (χ4v) is 2.32. The molecular weight excluding hydrogens is 320 g/mol. The Morgan fingerprint density at radius 1 is 1.30 bits per heavy atom. The molecule has 0 aliphatic carbocycles. The van der Waals surface area contributed by atoms with E-state index in [0.29, 0.717) is 22.8 Å². The SMILES string of the molecule is N#C/C(=C/c1cc2c(cc1Br)OCO2)c1ccccn1. The van der Waals surface area contributed by atoms with Gasteiger partial charge in [-0.3, -0.25) is 4.98 Å². The molecule has 1 aliphatic heterocycles. The van der Waals surface area contributed by atoms with Gasteiger partial charge in [0, 0.05) is 10.7 Å². The van der Waals surface area contributed by atoms with Gasteiger partial charge < -0.3 is 9.47 Å². The summed E-state index contributed by atoms with van der Waals surface area (Å²) in [7, 11) is 0. The first kappa shape index (κ1) is 12.7. The molecule has 2 heterocycles. The standard InChI is InChI=1S/C15H9BrN2O2/c16-12-7-15-14(19-9-20-15)6-10(12)5-11(8-17)13-3-1-2-4-18-13/h1-7H,9H2/b11-5-. The number of allylic oxidation sites excluding steroid dienone is 1. The minimum Gasteiger partial charge on any atom is -0.454 e. The molecule has 2 aromatic rings. The highest BCUT2D eigenvalue weighted by atomic mass is 79.9. The van der Waals surface area contributed by atoms with E-state index in [0.717, 1.165) is 10.0 Å². The Kier molecular flexibility index (Phi) is 3.40. The summed E-state index contributed by atoms with van der Waals surface area (Å²) in [4.78, 5) is 4.19. The summed E-state index contributed by atoms with van der Waals surface area (Å²) < 4.78 is 11.5. The zero-order chi connectivity index (χ0) is 13.9. The fourth-order valence-electron chi connectivity index (χ4n) is 1.88. The predicted octanol–water partition coefficient (Wildman–Crippen LogP) is 3.64. The normalized spacial score (nSPS) is 13.1. The first-order valence-corrected chi connectivity index (χ1v) is 6.69. The third kappa shape index (κ3) is 2.38. The van der Waals surface area contributed by atoms with Crippen LogP contribution in [-0.2, 0) is 0 Å². The maximum atomic E-state index is 9.30. The van der Waals surface area contributed by atoms with E-state index in [-0.39, 0.29) is 6.79 Å². The van der Waals surface area contributed by atoms with Crippen LogP contribution in [0.4, 0.5) is 0 Å². The van der Waals surface area contributed by atoms with E-state index in [4.69, 9.17) is 9.47 Å². The van der Waals surface area contributed by atoms with Crippen molar-refractivity contribution in [1.29, 1.82) is 5.26 Å². The quantitative estimate of drug-likeness (QED) is 0.790. The highest BCUT2D eigenvalue weighted by Gasteiger charge is 2.16. The molecule has 0 fully saturated rings. The van der Waals surface area contributed by atoms with Crippen LogP contribution in [0.25, 0.3) is 11.6 Å². The molecule has 4 nitrogen and oxygen atoms in total. The lowest BCUT2D eigenvalue weighted by atomic mass is 10.1. The Morgan fingerprint density at radius 3 is 2.80 bits per heavy atom. The van der Waals surface area contributed by atoms with Crippen molar-refractivity contribution in [1.82, 2.24) is 4.98 Å². The van der Waals surface area contributed by atoms with Crippen LogP contribution >= 0.6 is 15.9 Å². The molecule has 0 amide bonds. The third-order valence-corrected chi connectivity index (χ3v) is 3.54. The molecule has 0 radical (unpaired) electrons. The van der Waals surface area contributed by atoms with Crippen molar-refractivity contribution in [3.8, 4) is 17.6 Å². The van der Waals surface area contributed by atoms with Crippen LogP contribution in [0, 0.1) is 11.3 Å². The molecule has 5 heteroatoms. The van der Waals surface area contributed by atoms with Crippen molar-refractivity contribution in [2.24, 2.45) is 0 Å². The largest absolute Gasteiger partial charge is 0.454 e. The number of hydrogen-bond acceptors (Lipinski definition) is 4. The first-order chi connectivity index (χ1) is 9.78. The van der Waals surface area contributed by atoms with Crippen LogP contribution in [0.5, 0.6) is 11.5 Å². The molecule has 0 N–H and O–H groups in total. The van der Waals surface area contributed by atoms with Gasteiger partial charge in [0.25, 0.3) is 0 Å².